The number of aliphatic carboxylic acids is 1. The molecule has 0 radical (unpaired) electrons. The number of aromatic nitrogens is 3. The predicted molar refractivity (Wildman–Crippen MR) is 114 cm³/mol. The molecule has 3 N–H and O–H groups in total. The Kier molecular flexibility index (Phi) is 6.06. The normalized spacial score (nSPS) is 20.6. The number of H-pyrrole nitrogens is 1. The number of carboxylic acid groups (broad SMARTS) is 1. The van der Waals surface area contributed by atoms with Crippen molar-refractivity contribution in [1.82, 2.24) is 25.4 Å². The van der Waals surface area contributed by atoms with Crippen molar-refractivity contribution in [2.24, 2.45) is 0 Å². The Bertz CT molecular complexity index is 1030. The van der Waals surface area contributed by atoms with Crippen LogP contribution in [0.2, 0.25) is 0 Å². The third-order valence-electron chi connectivity index (χ3n) is 4.36. The second kappa shape index (κ2) is 8.74. The highest BCUT2D eigenvalue weighted by molar-refractivity contribution is 8.06. The first kappa shape index (κ1) is 20.8. The molecule has 2 aliphatic rings. The molecule has 0 spiro atoms. The summed E-state index contributed by atoms with van der Waals surface area (Å²) in [7, 11) is 0. The number of nitrogens with zero attached hydrogens (tertiary/aromatic N) is 3. The second-order valence-electron chi connectivity index (χ2n) is 6.44. The molecule has 30 heavy (non-hydrogen) atoms. The number of carbonyl (C=O) groups is 3. The van der Waals surface area contributed by atoms with Crippen LogP contribution in [0.4, 0.5) is 0 Å². The number of nitrogens with one attached hydrogen (secondary N) is 2. The Morgan fingerprint density at radius 3 is 2.80 bits per heavy atom. The molecule has 12 heteroatoms. The van der Waals surface area contributed by atoms with E-state index in [2.05, 4.69) is 20.5 Å². The van der Waals surface area contributed by atoms with Crippen molar-refractivity contribution in [3.05, 3.63) is 46.8 Å². The highest BCUT2D eigenvalue weighted by Crippen LogP contribution is 2.44. The Hall–Kier alpha value is -2.44. The first-order valence-corrected chi connectivity index (χ1v) is 11.7. The van der Waals surface area contributed by atoms with Crippen LogP contribution in [0, 0.1) is 6.92 Å². The summed E-state index contributed by atoms with van der Waals surface area (Å²) >= 11 is 3.91. The average molecular weight is 464 g/mol. The molecule has 0 bridgehead atoms. The van der Waals surface area contributed by atoms with E-state index in [9.17, 15) is 19.5 Å². The third kappa shape index (κ3) is 4.20. The van der Waals surface area contributed by atoms with Crippen LogP contribution in [-0.4, -0.2) is 65.9 Å². The summed E-state index contributed by atoms with van der Waals surface area (Å²) in [6.07, 6.45) is 0. The van der Waals surface area contributed by atoms with Crippen molar-refractivity contribution in [3.8, 4) is 0 Å². The van der Waals surface area contributed by atoms with Crippen LogP contribution < -0.4 is 5.32 Å². The van der Waals surface area contributed by atoms with Gasteiger partial charge in [0, 0.05) is 15.6 Å². The number of thioether (sulfide) groups is 3. The van der Waals surface area contributed by atoms with Crippen molar-refractivity contribution in [1.29, 1.82) is 0 Å². The van der Waals surface area contributed by atoms with Gasteiger partial charge in [-0.05, 0) is 30.8 Å². The summed E-state index contributed by atoms with van der Waals surface area (Å²) in [6, 6.07) is 8.76. The molecule has 1 aromatic heterocycles. The predicted octanol–water partition coefficient (Wildman–Crippen LogP) is 1.69. The summed E-state index contributed by atoms with van der Waals surface area (Å²) in [6.45, 7) is 1.75. The quantitative estimate of drug-likeness (QED) is 0.415. The van der Waals surface area contributed by atoms with Gasteiger partial charge in [0.15, 0.2) is 0 Å². The van der Waals surface area contributed by atoms with Gasteiger partial charge < -0.3 is 10.4 Å². The summed E-state index contributed by atoms with van der Waals surface area (Å²) in [5, 5.41) is 19.1. The second-order valence-corrected chi connectivity index (χ2v) is 9.65. The fourth-order valence-electron chi connectivity index (χ4n) is 3.03. The highest BCUT2D eigenvalue weighted by Gasteiger charge is 2.54. The molecule has 0 unspecified atom stereocenters. The van der Waals surface area contributed by atoms with Crippen molar-refractivity contribution >= 4 is 53.1 Å². The zero-order chi connectivity index (χ0) is 21.3. The molecule has 156 valence electrons. The highest BCUT2D eigenvalue weighted by atomic mass is 32.2. The van der Waals surface area contributed by atoms with Gasteiger partial charge in [0.1, 0.15) is 22.9 Å². The number of rotatable bonds is 7. The molecule has 3 heterocycles. The molecule has 2 aliphatic heterocycles. The number of hydrogen-bond acceptors (Lipinski definition) is 8. The molecular formula is C18H17N5O4S3. The first-order chi connectivity index (χ1) is 14.4. The van der Waals surface area contributed by atoms with E-state index in [1.807, 2.05) is 30.3 Å². The van der Waals surface area contributed by atoms with E-state index in [0.717, 1.165) is 16.7 Å². The lowest BCUT2D eigenvalue weighted by Crippen LogP contribution is -2.70. The maximum Gasteiger partial charge on any atom is 0.353 e. The van der Waals surface area contributed by atoms with Gasteiger partial charge >= 0.3 is 5.97 Å². The van der Waals surface area contributed by atoms with E-state index in [1.54, 1.807) is 6.92 Å². The SMILES string of the molecule is Cc1nc(SC2=C(C(=O)O)N3C(=O)[C@@H](NC(=O)CSc4ccccc4)[C@@H]3SC2)n[nH]1. The van der Waals surface area contributed by atoms with Gasteiger partial charge in [0.2, 0.25) is 11.1 Å². The summed E-state index contributed by atoms with van der Waals surface area (Å²) < 4.78 is 0. The number of aryl methyl sites for hydroxylation is 1. The minimum absolute atomic E-state index is 0.0691. The van der Waals surface area contributed by atoms with Crippen LogP contribution in [0.25, 0.3) is 0 Å². The van der Waals surface area contributed by atoms with Crippen molar-refractivity contribution in [3.63, 3.8) is 0 Å². The van der Waals surface area contributed by atoms with E-state index < -0.39 is 23.3 Å². The van der Waals surface area contributed by atoms with E-state index in [0.29, 0.717) is 21.6 Å². The fraction of sp³-hybridized carbons (Fsp3) is 0.278. The molecule has 0 aliphatic carbocycles. The number of hydrogen-bond donors (Lipinski definition) is 3. The largest absolute Gasteiger partial charge is 0.477 e. The Labute approximate surface area is 184 Å². The van der Waals surface area contributed by atoms with Crippen LogP contribution in [0.1, 0.15) is 5.82 Å². The van der Waals surface area contributed by atoms with Gasteiger partial charge in [-0.15, -0.1) is 28.6 Å². The summed E-state index contributed by atoms with van der Waals surface area (Å²) in [5.74, 6) is -0.690. The molecule has 4 rings (SSSR count). The lowest BCUT2D eigenvalue weighted by atomic mass is 10.1. The van der Waals surface area contributed by atoms with Gasteiger partial charge in [-0.2, -0.15) is 0 Å². The standard InChI is InChI=1S/C18H17N5O4S3/c1-9-19-18(22-21-9)30-11-7-29-16-13(15(25)23(16)14(11)17(26)27)20-12(24)8-28-10-5-3-2-4-6-10/h2-6,13,16H,7-8H2,1H3,(H,20,24)(H,26,27)(H,19,21,22)/t13-,16+/m1/s1. The summed E-state index contributed by atoms with van der Waals surface area (Å²) in [4.78, 5) is 43.7. The zero-order valence-corrected chi connectivity index (χ0v) is 18.1. The molecule has 9 nitrogen and oxygen atoms in total. The van der Waals surface area contributed by atoms with E-state index >= 15 is 0 Å². The lowest BCUT2D eigenvalue weighted by Gasteiger charge is -2.49. The van der Waals surface area contributed by atoms with Gasteiger partial charge in [0.05, 0.1) is 5.75 Å². The minimum Gasteiger partial charge on any atom is -0.477 e. The topological polar surface area (TPSA) is 128 Å². The van der Waals surface area contributed by atoms with E-state index in [-0.39, 0.29) is 17.4 Å². The van der Waals surface area contributed by atoms with Gasteiger partial charge in [-0.3, -0.25) is 19.6 Å². The average Bonchev–Trinajstić information content (AvgIpc) is 3.15. The van der Waals surface area contributed by atoms with Crippen LogP contribution >= 0.6 is 35.3 Å². The van der Waals surface area contributed by atoms with Crippen molar-refractivity contribution < 1.29 is 19.5 Å². The number of benzene rings is 1. The number of fused-ring (bicyclic) bond motifs is 1. The molecular weight excluding hydrogens is 446 g/mol. The lowest BCUT2D eigenvalue weighted by molar-refractivity contribution is -0.150. The molecule has 2 atom stereocenters. The number of carboxylic acids is 1. The van der Waals surface area contributed by atoms with Crippen LogP contribution in [0.15, 0.2) is 51.0 Å². The van der Waals surface area contributed by atoms with Gasteiger partial charge in [-0.25, -0.2) is 9.78 Å². The Balaban J connectivity index is 1.42. The monoisotopic (exact) mass is 463 g/mol. The molecule has 1 fully saturated rings. The molecule has 1 aromatic carbocycles. The van der Waals surface area contributed by atoms with Crippen LogP contribution in [0.3, 0.4) is 0 Å². The minimum atomic E-state index is -1.19. The van der Waals surface area contributed by atoms with E-state index in [4.69, 9.17) is 0 Å². The first-order valence-electron chi connectivity index (χ1n) is 8.89. The van der Waals surface area contributed by atoms with Crippen LogP contribution in [0.5, 0.6) is 0 Å². The molecule has 1 saturated heterocycles. The Morgan fingerprint density at radius 1 is 1.37 bits per heavy atom. The number of carbonyl (C=O) groups excluding carboxylic acids is 2. The smallest absolute Gasteiger partial charge is 0.353 e. The van der Waals surface area contributed by atoms with Crippen molar-refractivity contribution in [2.45, 2.75) is 28.4 Å². The van der Waals surface area contributed by atoms with Crippen LogP contribution in [-0.2, 0) is 14.4 Å². The number of aromatic amines is 1. The number of β-lactam (4-membered cyclic amide) rings is 1. The van der Waals surface area contributed by atoms with Crippen molar-refractivity contribution in [2.75, 3.05) is 11.5 Å². The molecule has 2 amide bonds. The molecule has 0 saturated carbocycles. The fourth-order valence-corrected chi connectivity index (χ4v) is 6.17. The maximum atomic E-state index is 12.7. The number of amides is 2. The van der Waals surface area contributed by atoms with E-state index in [1.165, 1.54) is 28.4 Å². The molecule has 2 aromatic rings. The summed E-state index contributed by atoms with van der Waals surface area (Å²) in [5.41, 5.74) is -0.0691. The Morgan fingerprint density at radius 2 is 2.13 bits per heavy atom. The van der Waals surface area contributed by atoms with Gasteiger partial charge in [-0.1, -0.05) is 18.2 Å². The van der Waals surface area contributed by atoms with Gasteiger partial charge in [0.25, 0.3) is 5.91 Å². The maximum absolute atomic E-state index is 12.7. The zero-order valence-electron chi connectivity index (χ0n) is 15.7. The third-order valence-corrected chi connectivity index (χ3v) is 7.78.